The van der Waals surface area contributed by atoms with E-state index in [0.29, 0.717) is 12.5 Å². The average Bonchev–Trinajstić information content (AvgIpc) is 2.42. The Morgan fingerprint density at radius 2 is 1.95 bits per heavy atom. The fraction of sp³-hybridized carbons (Fsp3) is 0.611. The van der Waals surface area contributed by atoms with Crippen LogP contribution in [0.4, 0.5) is 5.69 Å². The van der Waals surface area contributed by atoms with Crippen LogP contribution in [0.25, 0.3) is 0 Å². The van der Waals surface area contributed by atoms with Gasteiger partial charge in [0, 0.05) is 18.8 Å². The van der Waals surface area contributed by atoms with E-state index in [9.17, 15) is 9.90 Å². The molecule has 0 radical (unpaired) electrons. The molecule has 0 aliphatic rings. The van der Waals surface area contributed by atoms with Crippen LogP contribution in [0.15, 0.2) is 18.2 Å². The van der Waals surface area contributed by atoms with Crippen molar-refractivity contribution < 1.29 is 9.90 Å². The number of carboxylic acids is 1. The molecule has 0 amide bonds. The van der Waals surface area contributed by atoms with Crippen molar-refractivity contribution in [2.75, 3.05) is 18.0 Å². The number of carboxylic acid groups (broad SMARTS) is 1. The van der Waals surface area contributed by atoms with Crippen LogP contribution in [0, 0.1) is 18.8 Å². The first kappa shape index (κ1) is 17.5. The van der Waals surface area contributed by atoms with Crippen LogP contribution in [0.2, 0.25) is 0 Å². The molecule has 21 heavy (non-hydrogen) atoms. The van der Waals surface area contributed by atoms with E-state index < -0.39 is 5.97 Å². The molecule has 118 valence electrons. The molecular formula is C18H29NO2. The van der Waals surface area contributed by atoms with Crippen molar-refractivity contribution in [1.82, 2.24) is 0 Å². The Labute approximate surface area is 129 Å². The minimum Gasteiger partial charge on any atom is -0.481 e. The van der Waals surface area contributed by atoms with Crippen molar-refractivity contribution >= 4 is 11.7 Å². The van der Waals surface area contributed by atoms with Crippen molar-refractivity contribution in [3.63, 3.8) is 0 Å². The lowest BCUT2D eigenvalue weighted by Gasteiger charge is -2.31. The van der Waals surface area contributed by atoms with Gasteiger partial charge in [-0.2, -0.15) is 0 Å². The number of carbonyl (C=O) groups is 1. The third kappa shape index (κ3) is 5.07. The summed E-state index contributed by atoms with van der Waals surface area (Å²) in [4.78, 5) is 13.5. The molecule has 3 heteroatoms. The molecule has 0 aliphatic heterocycles. The van der Waals surface area contributed by atoms with Crippen molar-refractivity contribution in [2.24, 2.45) is 11.8 Å². The van der Waals surface area contributed by atoms with Gasteiger partial charge in [0.05, 0.1) is 5.92 Å². The Bertz CT molecular complexity index is 468. The second kappa shape index (κ2) is 8.06. The van der Waals surface area contributed by atoms with Gasteiger partial charge >= 0.3 is 5.97 Å². The average molecular weight is 291 g/mol. The van der Waals surface area contributed by atoms with Gasteiger partial charge in [0.25, 0.3) is 0 Å². The van der Waals surface area contributed by atoms with E-state index in [2.05, 4.69) is 50.8 Å². The summed E-state index contributed by atoms with van der Waals surface area (Å²) < 4.78 is 0. The van der Waals surface area contributed by atoms with Gasteiger partial charge < -0.3 is 10.0 Å². The number of benzene rings is 1. The van der Waals surface area contributed by atoms with E-state index in [-0.39, 0.29) is 5.92 Å². The maximum absolute atomic E-state index is 11.2. The summed E-state index contributed by atoms with van der Waals surface area (Å²) in [6.45, 7) is 11.9. The smallest absolute Gasteiger partial charge is 0.308 e. The van der Waals surface area contributed by atoms with Crippen LogP contribution in [0.1, 0.15) is 45.2 Å². The van der Waals surface area contributed by atoms with E-state index in [1.807, 2.05) is 0 Å². The maximum atomic E-state index is 11.2. The molecular weight excluding hydrogens is 262 g/mol. The molecule has 0 bridgehead atoms. The van der Waals surface area contributed by atoms with Gasteiger partial charge in [-0.05, 0) is 36.8 Å². The number of anilines is 1. The number of para-hydroxylation sites is 1. The van der Waals surface area contributed by atoms with Crippen LogP contribution in [-0.2, 0) is 11.2 Å². The lowest BCUT2D eigenvalue weighted by atomic mass is 10.0. The predicted molar refractivity (Wildman–Crippen MR) is 89.0 cm³/mol. The number of hydrogen-bond donors (Lipinski definition) is 1. The van der Waals surface area contributed by atoms with Gasteiger partial charge in [0.15, 0.2) is 0 Å². The van der Waals surface area contributed by atoms with Gasteiger partial charge in [0.2, 0.25) is 0 Å². The van der Waals surface area contributed by atoms with Gasteiger partial charge in [-0.1, -0.05) is 45.9 Å². The van der Waals surface area contributed by atoms with Crippen molar-refractivity contribution in [1.29, 1.82) is 0 Å². The Morgan fingerprint density at radius 3 is 2.48 bits per heavy atom. The highest BCUT2D eigenvalue weighted by atomic mass is 16.4. The van der Waals surface area contributed by atoms with Crippen LogP contribution >= 0.6 is 0 Å². The van der Waals surface area contributed by atoms with E-state index in [1.54, 1.807) is 6.92 Å². The highest BCUT2D eigenvalue weighted by molar-refractivity contribution is 5.71. The Hall–Kier alpha value is -1.51. The minimum absolute atomic E-state index is 0.360. The number of aryl methyl sites for hydroxylation is 2. The Kier molecular flexibility index (Phi) is 6.73. The highest BCUT2D eigenvalue weighted by Crippen LogP contribution is 2.27. The third-order valence-corrected chi connectivity index (χ3v) is 3.91. The van der Waals surface area contributed by atoms with Crippen LogP contribution in [0.5, 0.6) is 0 Å². The Morgan fingerprint density at radius 1 is 1.29 bits per heavy atom. The first-order valence-electron chi connectivity index (χ1n) is 7.93. The third-order valence-electron chi connectivity index (χ3n) is 3.91. The minimum atomic E-state index is -0.726. The van der Waals surface area contributed by atoms with Crippen molar-refractivity contribution in [3.8, 4) is 0 Å². The van der Waals surface area contributed by atoms with Gasteiger partial charge in [-0.25, -0.2) is 0 Å². The lowest BCUT2D eigenvalue weighted by molar-refractivity contribution is -0.140. The molecule has 0 aromatic heterocycles. The monoisotopic (exact) mass is 291 g/mol. The number of rotatable bonds is 8. The second-order valence-corrected chi connectivity index (χ2v) is 6.30. The molecule has 1 rings (SSSR count). The number of aliphatic carboxylic acids is 1. The normalized spacial score (nSPS) is 12.5. The summed E-state index contributed by atoms with van der Waals surface area (Å²) in [5, 5.41) is 9.22. The SMILES string of the molecule is CCc1cccc(C)c1N(CCC(C)C)CC(C)C(=O)O. The van der Waals surface area contributed by atoms with E-state index in [4.69, 9.17) is 0 Å². The molecule has 0 heterocycles. The zero-order valence-corrected chi connectivity index (χ0v) is 14.0. The molecule has 1 unspecified atom stereocenters. The van der Waals surface area contributed by atoms with Crippen LogP contribution in [0.3, 0.4) is 0 Å². The predicted octanol–water partition coefficient (Wildman–Crippen LogP) is 4.13. The topological polar surface area (TPSA) is 40.5 Å². The molecule has 1 aromatic rings. The first-order valence-corrected chi connectivity index (χ1v) is 7.93. The summed E-state index contributed by atoms with van der Waals surface area (Å²) in [7, 11) is 0. The quantitative estimate of drug-likeness (QED) is 0.783. The molecule has 1 N–H and O–H groups in total. The molecule has 0 saturated heterocycles. The molecule has 1 atom stereocenters. The molecule has 0 aliphatic carbocycles. The molecule has 1 aromatic carbocycles. The molecule has 3 nitrogen and oxygen atoms in total. The highest BCUT2D eigenvalue weighted by Gasteiger charge is 2.19. The first-order chi connectivity index (χ1) is 9.86. The fourth-order valence-electron chi connectivity index (χ4n) is 2.57. The standard InChI is InChI=1S/C18H29NO2/c1-6-16-9-7-8-14(4)17(16)19(11-10-13(2)3)12-15(5)18(20)21/h7-9,13,15H,6,10-12H2,1-5H3,(H,20,21). The number of nitrogens with zero attached hydrogens (tertiary/aromatic N) is 1. The molecule has 0 saturated carbocycles. The van der Waals surface area contributed by atoms with Crippen molar-refractivity contribution in [2.45, 2.75) is 47.5 Å². The molecule has 0 fully saturated rings. The summed E-state index contributed by atoms with van der Waals surface area (Å²) in [6.07, 6.45) is 2.04. The van der Waals surface area contributed by atoms with Crippen molar-refractivity contribution in [3.05, 3.63) is 29.3 Å². The zero-order chi connectivity index (χ0) is 16.0. The van der Waals surface area contributed by atoms with Gasteiger partial charge in [-0.3, -0.25) is 4.79 Å². The largest absolute Gasteiger partial charge is 0.481 e. The summed E-state index contributed by atoms with van der Waals surface area (Å²) >= 11 is 0. The Balaban J connectivity index is 3.07. The summed E-state index contributed by atoms with van der Waals surface area (Å²) in [5.41, 5.74) is 3.76. The van der Waals surface area contributed by atoms with Crippen LogP contribution in [-0.4, -0.2) is 24.2 Å². The summed E-state index contributed by atoms with van der Waals surface area (Å²) in [6, 6.07) is 6.34. The number of hydrogen-bond acceptors (Lipinski definition) is 2. The van der Waals surface area contributed by atoms with Gasteiger partial charge in [-0.15, -0.1) is 0 Å². The zero-order valence-electron chi connectivity index (χ0n) is 14.0. The van der Waals surface area contributed by atoms with E-state index in [0.717, 1.165) is 19.4 Å². The second-order valence-electron chi connectivity index (χ2n) is 6.30. The summed E-state index contributed by atoms with van der Waals surface area (Å²) in [5.74, 6) is -0.473. The van der Waals surface area contributed by atoms with E-state index >= 15 is 0 Å². The fourth-order valence-corrected chi connectivity index (χ4v) is 2.57. The van der Waals surface area contributed by atoms with Crippen LogP contribution < -0.4 is 4.90 Å². The lowest BCUT2D eigenvalue weighted by Crippen LogP contribution is -2.34. The molecule has 0 spiro atoms. The van der Waals surface area contributed by atoms with E-state index in [1.165, 1.54) is 16.8 Å². The maximum Gasteiger partial charge on any atom is 0.308 e. The van der Waals surface area contributed by atoms with Gasteiger partial charge in [0.1, 0.15) is 0 Å².